The molecule has 200 valence electrons. The molecule has 8 heteroatoms. The molecule has 0 bridgehead atoms. The molecule has 1 unspecified atom stereocenters. The molecule has 1 atom stereocenters. The number of benzene rings is 2. The molecule has 2 aliphatic rings. The van der Waals surface area contributed by atoms with Gasteiger partial charge in [-0.15, -0.1) is 0 Å². The zero-order chi connectivity index (χ0) is 26.5. The van der Waals surface area contributed by atoms with Crippen LogP contribution < -0.4 is 14.2 Å². The van der Waals surface area contributed by atoms with Crippen LogP contribution in [0.1, 0.15) is 54.9 Å². The van der Waals surface area contributed by atoms with E-state index in [1.807, 2.05) is 11.8 Å². The Morgan fingerprint density at radius 1 is 1.03 bits per heavy atom. The van der Waals surface area contributed by atoms with Crippen molar-refractivity contribution in [3.63, 3.8) is 0 Å². The van der Waals surface area contributed by atoms with Crippen molar-refractivity contribution >= 4 is 12.0 Å². The van der Waals surface area contributed by atoms with Crippen molar-refractivity contribution in [3.05, 3.63) is 58.7 Å². The van der Waals surface area contributed by atoms with Gasteiger partial charge in [-0.2, -0.15) is 0 Å². The second-order valence-corrected chi connectivity index (χ2v) is 9.87. The predicted octanol–water partition coefficient (Wildman–Crippen LogP) is 5.55. The quantitative estimate of drug-likeness (QED) is 0.416. The van der Waals surface area contributed by atoms with Crippen molar-refractivity contribution in [2.45, 2.75) is 51.1 Å². The van der Waals surface area contributed by atoms with E-state index in [9.17, 15) is 13.6 Å². The van der Waals surface area contributed by atoms with E-state index in [4.69, 9.17) is 14.2 Å². The Balaban J connectivity index is 1.64. The van der Waals surface area contributed by atoms with Crippen LogP contribution in [0.5, 0.6) is 17.2 Å². The lowest BCUT2D eigenvalue weighted by molar-refractivity contribution is 0.0630. The van der Waals surface area contributed by atoms with Gasteiger partial charge in [-0.05, 0) is 63.4 Å². The number of carbonyl (C=O) groups excluding carboxylic acids is 1. The van der Waals surface area contributed by atoms with Gasteiger partial charge in [0.25, 0.3) is 5.91 Å². The van der Waals surface area contributed by atoms with Crippen LogP contribution in [0.4, 0.5) is 8.78 Å². The lowest BCUT2D eigenvalue weighted by atomic mass is 9.91. The van der Waals surface area contributed by atoms with E-state index in [2.05, 4.69) is 4.90 Å². The highest BCUT2D eigenvalue weighted by atomic mass is 19.1. The molecule has 0 radical (unpaired) electrons. The molecule has 6 nitrogen and oxygen atoms in total. The Labute approximate surface area is 217 Å². The zero-order valence-electron chi connectivity index (χ0n) is 22.1. The van der Waals surface area contributed by atoms with Gasteiger partial charge in [-0.1, -0.05) is 18.1 Å². The number of likely N-dealkylation sites (tertiary alicyclic amines) is 1. The maximum atomic E-state index is 14.3. The third-order valence-corrected chi connectivity index (χ3v) is 7.40. The van der Waals surface area contributed by atoms with Crippen LogP contribution in [-0.4, -0.2) is 68.8 Å². The largest absolute Gasteiger partial charge is 0.493 e. The lowest BCUT2D eigenvalue weighted by Crippen LogP contribution is -2.49. The van der Waals surface area contributed by atoms with Crippen molar-refractivity contribution in [1.29, 1.82) is 0 Å². The Morgan fingerprint density at radius 3 is 2.30 bits per heavy atom. The molecule has 1 saturated heterocycles. The number of carbonyl (C=O) groups is 1. The van der Waals surface area contributed by atoms with E-state index in [0.717, 1.165) is 31.0 Å². The fourth-order valence-electron chi connectivity index (χ4n) is 5.34. The minimum Gasteiger partial charge on any atom is -0.493 e. The minimum atomic E-state index is -0.631. The summed E-state index contributed by atoms with van der Waals surface area (Å²) in [5.74, 6) is -0.196. The van der Waals surface area contributed by atoms with Gasteiger partial charge in [-0.25, -0.2) is 8.78 Å². The normalized spacial score (nSPS) is 18.4. The van der Waals surface area contributed by atoms with Gasteiger partial charge in [0.1, 0.15) is 11.6 Å². The average Bonchev–Trinajstić information content (AvgIpc) is 3.30. The number of methoxy groups -OCH3 is 3. The molecule has 4 rings (SSSR count). The summed E-state index contributed by atoms with van der Waals surface area (Å²) >= 11 is 0. The fraction of sp³-hybridized carbons (Fsp3) is 0.483. The molecule has 1 aliphatic carbocycles. The standard InChI is InChI=1S/C29H36F2N2O4/c1-19(13-20-10-11-22(30)16-25(20)31)17-32(18-24-9-6-12-33(24)23-7-5-8-23)29(34)21-14-26(35-2)28(37-4)27(15-21)36-3/h10-11,13-16,23-24H,5-9,12,17-18H2,1-4H3/b19-13+. The van der Waals surface area contributed by atoms with Gasteiger partial charge in [0.05, 0.1) is 21.3 Å². The summed E-state index contributed by atoms with van der Waals surface area (Å²) in [7, 11) is 4.55. The first-order valence-corrected chi connectivity index (χ1v) is 12.8. The number of amides is 1. The summed E-state index contributed by atoms with van der Waals surface area (Å²) in [5, 5.41) is 0. The van der Waals surface area contributed by atoms with E-state index >= 15 is 0 Å². The van der Waals surface area contributed by atoms with E-state index in [1.54, 1.807) is 18.2 Å². The Morgan fingerprint density at radius 2 is 1.73 bits per heavy atom. The van der Waals surface area contributed by atoms with Gasteiger partial charge >= 0.3 is 0 Å². The molecule has 1 heterocycles. The highest BCUT2D eigenvalue weighted by Gasteiger charge is 2.35. The van der Waals surface area contributed by atoms with Crippen LogP contribution in [0, 0.1) is 11.6 Å². The minimum absolute atomic E-state index is 0.174. The summed E-state index contributed by atoms with van der Waals surface area (Å²) in [6.07, 6.45) is 7.49. The number of ether oxygens (including phenoxy) is 3. The van der Waals surface area contributed by atoms with Gasteiger partial charge in [-0.3, -0.25) is 9.69 Å². The molecule has 2 fully saturated rings. The van der Waals surface area contributed by atoms with E-state index < -0.39 is 11.6 Å². The number of hydrogen-bond acceptors (Lipinski definition) is 5. The maximum Gasteiger partial charge on any atom is 0.254 e. The van der Waals surface area contributed by atoms with E-state index in [1.165, 1.54) is 52.7 Å². The van der Waals surface area contributed by atoms with Crippen molar-refractivity contribution < 1.29 is 27.8 Å². The second-order valence-electron chi connectivity index (χ2n) is 9.87. The van der Waals surface area contributed by atoms with Crippen LogP contribution in [0.25, 0.3) is 6.08 Å². The van der Waals surface area contributed by atoms with Crippen LogP contribution in [0.3, 0.4) is 0 Å². The number of nitrogens with zero attached hydrogens (tertiary/aromatic N) is 2. The van der Waals surface area contributed by atoms with Crippen LogP contribution >= 0.6 is 0 Å². The SMILES string of the molecule is COc1cc(C(=O)N(C/C(C)=C/c2ccc(F)cc2F)CC2CCCN2C2CCC2)cc(OC)c1OC. The van der Waals surface area contributed by atoms with Gasteiger partial charge in [0, 0.05) is 42.4 Å². The zero-order valence-corrected chi connectivity index (χ0v) is 22.1. The predicted molar refractivity (Wildman–Crippen MR) is 139 cm³/mol. The van der Waals surface area contributed by atoms with Gasteiger partial charge < -0.3 is 19.1 Å². The molecule has 1 saturated carbocycles. The van der Waals surface area contributed by atoms with Gasteiger partial charge in [0.2, 0.25) is 5.75 Å². The molecule has 2 aromatic rings. The Hall–Kier alpha value is -3.13. The second kappa shape index (κ2) is 11.9. The maximum absolute atomic E-state index is 14.3. The first kappa shape index (κ1) is 26.9. The molecule has 1 aliphatic heterocycles. The molecule has 1 amide bonds. The summed E-state index contributed by atoms with van der Waals surface area (Å²) < 4.78 is 44.0. The summed E-state index contributed by atoms with van der Waals surface area (Å²) in [6.45, 7) is 3.78. The van der Waals surface area contributed by atoms with Crippen molar-refractivity contribution in [2.24, 2.45) is 0 Å². The van der Waals surface area contributed by atoms with Gasteiger partial charge in [0.15, 0.2) is 11.5 Å². The third-order valence-electron chi connectivity index (χ3n) is 7.40. The highest BCUT2D eigenvalue weighted by molar-refractivity contribution is 5.96. The van der Waals surface area contributed by atoms with Crippen molar-refractivity contribution in [1.82, 2.24) is 9.80 Å². The van der Waals surface area contributed by atoms with Crippen LogP contribution in [-0.2, 0) is 0 Å². The fourth-order valence-corrected chi connectivity index (χ4v) is 5.34. The number of hydrogen-bond donors (Lipinski definition) is 0. The highest BCUT2D eigenvalue weighted by Crippen LogP contribution is 2.39. The molecule has 0 spiro atoms. The third kappa shape index (κ3) is 6.06. The summed E-state index contributed by atoms with van der Waals surface area (Å²) in [5.41, 5.74) is 1.50. The number of halogens is 2. The summed E-state index contributed by atoms with van der Waals surface area (Å²) in [4.78, 5) is 18.3. The Bertz CT molecular complexity index is 1120. The first-order valence-electron chi connectivity index (χ1n) is 12.8. The molecular formula is C29H36F2N2O4. The smallest absolute Gasteiger partial charge is 0.254 e. The van der Waals surface area contributed by atoms with Crippen molar-refractivity contribution in [2.75, 3.05) is 41.0 Å². The van der Waals surface area contributed by atoms with Crippen LogP contribution in [0.2, 0.25) is 0 Å². The van der Waals surface area contributed by atoms with Crippen molar-refractivity contribution in [3.8, 4) is 17.2 Å². The van der Waals surface area contributed by atoms with Crippen LogP contribution in [0.15, 0.2) is 35.9 Å². The molecule has 37 heavy (non-hydrogen) atoms. The number of rotatable bonds is 10. The molecule has 0 aromatic heterocycles. The monoisotopic (exact) mass is 514 g/mol. The topological polar surface area (TPSA) is 51.2 Å². The summed E-state index contributed by atoms with van der Waals surface area (Å²) in [6, 6.07) is 7.70. The first-order chi connectivity index (χ1) is 17.8. The molecule has 0 N–H and O–H groups in total. The van der Waals surface area contributed by atoms with E-state index in [-0.39, 0.29) is 17.5 Å². The molecular weight excluding hydrogens is 478 g/mol. The van der Waals surface area contributed by atoms with E-state index in [0.29, 0.717) is 41.9 Å². The lowest BCUT2D eigenvalue weighted by Gasteiger charge is -2.40. The average molecular weight is 515 g/mol. The molecule has 2 aromatic carbocycles. The Kier molecular flexibility index (Phi) is 8.69.